The molecule has 4 aliphatic carbocycles. The van der Waals surface area contributed by atoms with Crippen LogP contribution >= 0.6 is 23.5 Å². The predicted molar refractivity (Wildman–Crippen MR) is 119 cm³/mol. The highest BCUT2D eigenvalue weighted by atomic mass is 32.2. The van der Waals surface area contributed by atoms with E-state index in [0.29, 0.717) is 0 Å². The molecule has 0 spiro atoms. The van der Waals surface area contributed by atoms with Crippen LogP contribution in [0.4, 0.5) is 5.69 Å². The average Bonchev–Trinajstić information content (AvgIpc) is 2.99. The molecule has 4 bridgehead atoms. The lowest BCUT2D eigenvalue weighted by atomic mass is 9.53. The van der Waals surface area contributed by atoms with Crippen molar-refractivity contribution in [1.29, 1.82) is 0 Å². The summed E-state index contributed by atoms with van der Waals surface area (Å²) in [4.78, 5) is 31.2. The maximum atomic E-state index is 12.5. The van der Waals surface area contributed by atoms with Crippen molar-refractivity contribution >= 4 is 46.2 Å². The van der Waals surface area contributed by atoms with Crippen molar-refractivity contribution in [3.05, 3.63) is 24.3 Å². The van der Waals surface area contributed by atoms with E-state index in [1.807, 2.05) is 30.5 Å². The van der Waals surface area contributed by atoms with Crippen molar-refractivity contribution in [3.63, 3.8) is 0 Å². The lowest BCUT2D eigenvalue weighted by Crippen LogP contribution is -2.50. The summed E-state index contributed by atoms with van der Waals surface area (Å²) < 4.78 is 0. The Bertz CT molecular complexity index is 834. The van der Waals surface area contributed by atoms with E-state index in [1.54, 1.807) is 11.8 Å². The van der Waals surface area contributed by atoms with Crippen molar-refractivity contribution < 1.29 is 9.59 Å². The maximum Gasteiger partial charge on any atom is 0.240 e. The number of hydrogen-bond acceptors (Lipinski definition) is 5. The Labute approximate surface area is 180 Å². The summed E-state index contributed by atoms with van der Waals surface area (Å²) in [5.74, 6) is 2.25. The molecule has 7 heteroatoms. The third-order valence-electron chi connectivity index (χ3n) is 6.87. The highest BCUT2D eigenvalue weighted by Crippen LogP contribution is 2.57. The van der Waals surface area contributed by atoms with Gasteiger partial charge in [0.25, 0.3) is 0 Å². The number of amidine groups is 1. The van der Waals surface area contributed by atoms with Crippen LogP contribution in [0.2, 0.25) is 0 Å². The quantitative estimate of drug-likeness (QED) is 0.685. The highest BCUT2D eigenvalue weighted by molar-refractivity contribution is 8.15. The first-order chi connectivity index (χ1) is 14.0. The molecule has 5 nitrogen and oxygen atoms in total. The largest absolute Gasteiger partial charge is 0.325 e. The van der Waals surface area contributed by atoms with Crippen LogP contribution in [-0.4, -0.2) is 34.0 Å². The molecule has 1 unspecified atom stereocenters. The van der Waals surface area contributed by atoms with Crippen molar-refractivity contribution in [1.82, 2.24) is 5.32 Å². The number of carbonyl (C=O) groups excluding carboxylic acids is 2. The number of nitrogens with one attached hydrogen (secondary N) is 2. The Morgan fingerprint density at radius 1 is 1.21 bits per heavy atom. The molecule has 1 atom stereocenters. The van der Waals surface area contributed by atoms with Crippen LogP contribution in [0.1, 0.15) is 44.9 Å². The number of amides is 2. The minimum Gasteiger partial charge on any atom is -0.325 e. The molecular formula is C22H27N3O2S2. The SMILES string of the molecule is CSc1ccccc1NC(=O)CC1SC(=NC23CC4CC(CC(C4)C2)C3)NC1=O. The molecule has 0 radical (unpaired) electrons. The summed E-state index contributed by atoms with van der Waals surface area (Å²) >= 11 is 3.03. The van der Waals surface area contributed by atoms with Crippen LogP contribution in [0.3, 0.4) is 0 Å². The number of hydrogen-bond donors (Lipinski definition) is 2. The molecule has 1 aromatic rings. The zero-order valence-electron chi connectivity index (χ0n) is 16.6. The number of para-hydroxylation sites is 1. The molecule has 0 aromatic heterocycles. The lowest BCUT2D eigenvalue weighted by molar-refractivity contribution is -0.122. The van der Waals surface area contributed by atoms with Crippen LogP contribution < -0.4 is 10.6 Å². The average molecular weight is 430 g/mol. The van der Waals surface area contributed by atoms with E-state index >= 15 is 0 Å². The number of rotatable bonds is 5. The number of thioether (sulfide) groups is 2. The molecule has 5 fully saturated rings. The standard InChI is InChI=1S/C22H27N3O2S2/c1-28-17-5-3-2-4-16(17)23-19(26)9-18-20(27)24-21(29-18)25-22-10-13-6-14(11-22)8-15(7-13)12-22/h2-5,13-15,18H,6-12H2,1H3,(H,23,26)(H,24,25,27). The van der Waals surface area contributed by atoms with E-state index in [1.165, 1.54) is 50.3 Å². The molecule has 29 heavy (non-hydrogen) atoms. The fraction of sp³-hybridized carbons (Fsp3) is 0.591. The van der Waals surface area contributed by atoms with Crippen molar-refractivity contribution in [3.8, 4) is 0 Å². The minimum absolute atomic E-state index is 0.0405. The van der Waals surface area contributed by atoms with E-state index in [9.17, 15) is 9.59 Å². The van der Waals surface area contributed by atoms with Crippen molar-refractivity contribution in [2.45, 2.75) is 60.6 Å². The second-order valence-electron chi connectivity index (χ2n) is 9.11. The van der Waals surface area contributed by atoms with Crippen LogP contribution in [0.15, 0.2) is 34.2 Å². The zero-order valence-corrected chi connectivity index (χ0v) is 18.3. The van der Waals surface area contributed by atoms with Gasteiger partial charge in [0.05, 0.1) is 11.2 Å². The first-order valence-corrected chi connectivity index (χ1v) is 12.6. The first-order valence-electron chi connectivity index (χ1n) is 10.5. The van der Waals surface area contributed by atoms with Gasteiger partial charge in [0.2, 0.25) is 11.8 Å². The third-order valence-corrected chi connectivity index (χ3v) is 8.75. The third kappa shape index (κ3) is 3.96. The van der Waals surface area contributed by atoms with Crippen molar-refractivity contribution in [2.24, 2.45) is 22.7 Å². The topological polar surface area (TPSA) is 70.6 Å². The number of benzene rings is 1. The molecule has 5 aliphatic rings. The van der Waals surface area contributed by atoms with Crippen LogP contribution in [0.25, 0.3) is 0 Å². The predicted octanol–water partition coefficient (Wildman–Crippen LogP) is 4.29. The van der Waals surface area contributed by atoms with E-state index in [-0.39, 0.29) is 23.8 Å². The van der Waals surface area contributed by atoms with E-state index in [4.69, 9.17) is 4.99 Å². The van der Waals surface area contributed by atoms with Gasteiger partial charge in [-0.1, -0.05) is 23.9 Å². The fourth-order valence-electron chi connectivity index (χ4n) is 6.13. The zero-order chi connectivity index (χ0) is 20.0. The molecule has 2 N–H and O–H groups in total. The summed E-state index contributed by atoms with van der Waals surface area (Å²) in [6.07, 6.45) is 9.82. The molecular weight excluding hydrogens is 402 g/mol. The summed E-state index contributed by atoms with van der Waals surface area (Å²) in [6, 6.07) is 7.73. The van der Waals surface area contributed by atoms with Gasteiger partial charge in [-0.3, -0.25) is 14.6 Å². The van der Waals surface area contributed by atoms with Gasteiger partial charge in [-0.25, -0.2) is 0 Å². The monoisotopic (exact) mass is 429 g/mol. The van der Waals surface area contributed by atoms with Crippen LogP contribution in [0.5, 0.6) is 0 Å². The Morgan fingerprint density at radius 3 is 2.52 bits per heavy atom. The van der Waals surface area contributed by atoms with Gasteiger partial charge in [0, 0.05) is 11.3 Å². The van der Waals surface area contributed by atoms with Crippen molar-refractivity contribution in [2.75, 3.05) is 11.6 Å². The first kappa shape index (κ1) is 19.5. The molecule has 1 heterocycles. The van der Waals surface area contributed by atoms with Gasteiger partial charge >= 0.3 is 0 Å². The molecule has 1 aromatic carbocycles. The van der Waals surface area contributed by atoms with Crippen LogP contribution in [0, 0.1) is 17.8 Å². The molecule has 4 saturated carbocycles. The summed E-state index contributed by atoms with van der Waals surface area (Å²) in [5.41, 5.74) is 0.842. The number of carbonyl (C=O) groups is 2. The molecule has 1 saturated heterocycles. The van der Waals surface area contributed by atoms with Gasteiger partial charge in [0.1, 0.15) is 5.25 Å². The maximum absolute atomic E-state index is 12.5. The molecule has 154 valence electrons. The molecule has 2 amide bonds. The fourth-order valence-corrected chi connectivity index (χ4v) is 7.76. The molecule has 6 rings (SSSR count). The summed E-state index contributed by atoms with van der Waals surface area (Å²) in [5, 5.41) is 6.25. The normalized spacial score (nSPS) is 36.4. The molecule has 1 aliphatic heterocycles. The van der Waals surface area contributed by atoms with Gasteiger partial charge in [0.15, 0.2) is 5.17 Å². The number of nitrogens with zero attached hydrogens (tertiary/aromatic N) is 1. The Hall–Kier alpha value is -1.47. The van der Waals surface area contributed by atoms with Gasteiger partial charge in [-0.2, -0.15) is 0 Å². The van der Waals surface area contributed by atoms with E-state index in [2.05, 4.69) is 10.6 Å². The van der Waals surface area contributed by atoms with E-state index < -0.39 is 5.25 Å². The second-order valence-corrected chi connectivity index (χ2v) is 11.1. The van der Waals surface area contributed by atoms with Gasteiger partial charge < -0.3 is 10.6 Å². The minimum atomic E-state index is -0.399. The highest BCUT2D eigenvalue weighted by Gasteiger charge is 2.51. The van der Waals surface area contributed by atoms with Crippen LogP contribution in [-0.2, 0) is 9.59 Å². The van der Waals surface area contributed by atoms with Gasteiger partial charge in [-0.05, 0) is 74.7 Å². The Kier molecular flexibility index (Phi) is 5.14. The summed E-state index contributed by atoms with van der Waals surface area (Å²) in [7, 11) is 0. The summed E-state index contributed by atoms with van der Waals surface area (Å²) in [6.45, 7) is 0. The Balaban J connectivity index is 1.24. The van der Waals surface area contributed by atoms with Gasteiger partial charge in [-0.15, -0.1) is 11.8 Å². The number of anilines is 1. The lowest BCUT2D eigenvalue weighted by Gasteiger charge is -2.55. The van der Waals surface area contributed by atoms with E-state index in [0.717, 1.165) is 33.5 Å². The second kappa shape index (κ2) is 7.65. The Morgan fingerprint density at radius 2 is 1.86 bits per heavy atom. The number of aliphatic imine (C=N–C) groups is 1. The smallest absolute Gasteiger partial charge is 0.240 e.